The molecule has 154 valence electrons. The van der Waals surface area contributed by atoms with Crippen molar-refractivity contribution in [3.63, 3.8) is 0 Å². The van der Waals surface area contributed by atoms with E-state index in [1.807, 2.05) is 0 Å². The van der Waals surface area contributed by atoms with Gasteiger partial charge in [0, 0.05) is 17.7 Å². The minimum absolute atomic E-state index is 0.0114. The number of hydrogen-bond donors (Lipinski definition) is 3. The molecule has 0 radical (unpaired) electrons. The van der Waals surface area contributed by atoms with E-state index in [1.54, 1.807) is 0 Å². The van der Waals surface area contributed by atoms with Crippen molar-refractivity contribution < 1.29 is 24.1 Å². The lowest BCUT2D eigenvalue weighted by molar-refractivity contribution is -0.384. The van der Waals surface area contributed by atoms with Gasteiger partial charge in [-0.1, -0.05) is 13.0 Å². The predicted molar refractivity (Wildman–Crippen MR) is 99.3 cm³/mol. The number of imide groups is 1. The van der Waals surface area contributed by atoms with E-state index >= 15 is 0 Å². The van der Waals surface area contributed by atoms with Gasteiger partial charge in [0.05, 0.1) is 11.5 Å². The Bertz CT molecular complexity index is 877. The number of benzene rings is 1. The predicted octanol–water partition coefficient (Wildman–Crippen LogP) is 0.856. The summed E-state index contributed by atoms with van der Waals surface area (Å²) in [6.45, 7) is 1.57. The molecule has 3 rings (SSSR count). The molecule has 1 saturated heterocycles. The highest BCUT2D eigenvalue weighted by atomic mass is 16.6. The average molecular weight is 403 g/mol. The number of carbonyl (C=O) groups excluding carboxylic acids is 4. The lowest BCUT2D eigenvalue weighted by atomic mass is 9.77. The summed E-state index contributed by atoms with van der Waals surface area (Å²) < 4.78 is 0. The van der Waals surface area contributed by atoms with E-state index in [0.29, 0.717) is 23.8 Å². The van der Waals surface area contributed by atoms with E-state index in [0.717, 1.165) is 18.9 Å². The molecule has 29 heavy (non-hydrogen) atoms. The van der Waals surface area contributed by atoms with Gasteiger partial charge in [0.15, 0.2) is 0 Å². The first kappa shape index (κ1) is 20.2. The van der Waals surface area contributed by atoms with Gasteiger partial charge < -0.3 is 10.6 Å². The number of hydrogen-bond acceptors (Lipinski definition) is 6. The van der Waals surface area contributed by atoms with Crippen molar-refractivity contribution in [2.45, 2.75) is 38.1 Å². The molecule has 1 aliphatic carbocycles. The Morgan fingerprint density at radius 3 is 2.66 bits per heavy atom. The smallest absolute Gasteiger partial charge is 0.343 e. The fourth-order valence-electron chi connectivity index (χ4n) is 3.50. The van der Waals surface area contributed by atoms with Crippen molar-refractivity contribution in [2.24, 2.45) is 5.92 Å². The van der Waals surface area contributed by atoms with Crippen molar-refractivity contribution in [3.8, 4) is 0 Å². The molecule has 1 heterocycles. The van der Waals surface area contributed by atoms with Crippen molar-refractivity contribution in [1.29, 1.82) is 0 Å². The first-order valence-electron chi connectivity index (χ1n) is 9.21. The van der Waals surface area contributed by atoms with E-state index in [-0.39, 0.29) is 11.3 Å². The molecule has 5 amide bonds. The molecule has 11 nitrogen and oxygen atoms in total. The summed E-state index contributed by atoms with van der Waals surface area (Å²) >= 11 is 0. The van der Waals surface area contributed by atoms with Crippen LogP contribution in [0.1, 0.15) is 43.0 Å². The number of nitrogens with zero attached hydrogens (tertiary/aromatic N) is 2. The second kappa shape index (κ2) is 7.86. The average Bonchev–Trinajstić information content (AvgIpc) is 2.92. The molecule has 3 N–H and O–H groups in total. The highest BCUT2D eigenvalue weighted by molar-refractivity contribution is 6.08. The van der Waals surface area contributed by atoms with Crippen LogP contribution in [0.4, 0.5) is 10.5 Å². The molecule has 1 aromatic rings. The maximum Gasteiger partial charge on any atom is 0.344 e. The first-order valence-corrected chi connectivity index (χ1v) is 9.21. The normalized spacial score (nSPS) is 23.6. The van der Waals surface area contributed by atoms with Crippen LogP contribution < -0.4 is 16.1 Å². The summed E-state index contributed by atoms with van der Waals surface area (Å²) in [7, 11) is 0. The quantitative estimate of drug-likeness (QED) is 0.377. The van der Waals surface area contributed by atoms with E-state index in [9.17, 15) is 29.3 Å². The Hall–Kier alpha value is -3.50. The van der Waals surface area contributed by atoms with Gasteiger partial charge >= 0.3 is 6.03 Å². The minimum atomic E-state index is -0.983. The molecule has 1 aromatic carbocycles. The van der Waals surface area contributed by atoms with Crippen molar-refractivity contribution in [1.82, 2.24) is 21.1 Å². The second-order valence-corrected chi connectivity index (χ2v) is 7.36. The molecule has 1 aliphatic heterocycles. The largest absolute Gasteiger partial charge is 0.344 e. The van der Waals surface area contributed by atoms with Crippen LogP contribution in [0.3, 0.4) is 0 Å². The SMILES string of the molecule is CC1CCC2(CC1)NC(=O)N(NC(=O)CNC(=O)c1cccc([N+](=O)[O-])c1)C2=O. The molecular weight excluding hydrogens is 382 g/mol. The van der Waals surface area contributed by atoms with Gasteiger partial charge in [-0.05, 0) is 37.7 Å². The molecule has 2 fully saturated rings. The minimum Gasteiger partial charge on any atom is -0.343 e. The third-order valence-corrected chi connectivity index (χ3v) is 5.25. The Morgan fingerprint density at radius 2 is 2.00 bits per heavy atom. The molecule has 0 atom stereocenters. The zero-order valence-corrected chi connectivity index (χ0v) is 15.8. The summed E-state index contributed by atoms with van der Waals surface area (Å²) in [5, 5.41) is 16.4. The molecule has 0 bridgehead atoms. The van der Waals surface area contributed by atoms with Crippen LogP contribution in [0.25, 0.3) is 0 Å². The maximum absolute atomic E-state index is 12.7. The second-order valence-electron chi connectivity index (χ2n) is 7.36. The molecule has 1 saturated carbocycles. The van der Waals surface area contributed by atoms with Gasteiger partial charge in [-0.25, -0.2) is 4.79 Å². The fraction of sp³-hybridized carbons (Fsp3) is 0.444. The molecule has 11 heteroatoms. The Morgan fingerprint density at radius 1 is 1.31 bits per heavy atom. The van der Waals surface area contributed by atoms with E-state index in [4.69, 9.17) is 0 Å². The van der Waals surface area contributed by atoms with Crippen molar-refractivity contribution in [2.75, 3.05) is 6.54 Å². The number of non-ortho nitro benzene ring substituents is 1. The first-order chi connectivity index (χ1) is 13.7. The van der Waals surface area contributed by atoms with Gasteiger partial charge in [0.2, 0.25) is 0 Å². The highest BCUT2D eigenvalue weighted by Crippen LogP contribution is 2.35. The number of rotatable bonds is 5. The molecular formula is C18H21N5O6. The standard InChI is InChI=1S/C18H21N5O6/c1-11-5-7-18(8-6-11)16(26)22(17(27)20-18)21-14(24)10-19-15(25)12-3-2-4-13(9-12)23(28)29/h2-4,9,11H,5-8,10H2,1H3,(H,19,25)(H,20,27)(H,21,24). The maximum atomic E-state index is 12.7. The number of carbonyl (C=O) groups is 4. The van der Waals surface area contributed by atoms with Crippen LogP contribution in [0, 0.1) is 16.0 Å². The van der Waals surface area contributed by atoms with Crippen LogP contribution in [-0.4, -0.2) is 45.8 Å². The number of urea groups is 1. The molecule has 2 aliphatic rings. The summed E-state index contributed by atoms with van der Waals surface area (Å²) in [5.41, 5.74) is 0.980. The topological polar surface area (TPSA) is 151 Å². The summed E-state index contributed by atoms with van der Waals surface area (Å²) in [6, 6.07) is 4.33. The van der Waals surface area contributed by atoms with Gasteiger partial charge in [-0.3, -0.25) is 29.9 Å². The Balaban J connectivity index is 1.56. The van der Waals surface area contributed by atoms with E-state index in [1.165, 1.54) is 18.2 Å². The molecule has 0 unspecified atom stereocenters. The van der Waals surface area contributed by atoms with Gasteiger partial charge in [0.25, 0.3) is 23.4 Å². The van der Waals surface area contributed by atoms with Crippen molar-refractivity contribution >= 4 is 29.4 Å². The van der Waals surface area contributed by atoms with Crippen molar-refractivity contribution in [3.05, 3.63) is 39.9 Å². The number of nitrogens with one attached hydrogen (secondary N) is 3. The Labute approximate surface area is 165 Å². The van der Waals surface area contributed by atoms with Crippen LogP contribution >= 0.6 is 0 Å². The van der Waals surface area contributed by atoms with Gasteiger partial charge in [-0.15, -0.1) is 0 Å². The zero-order valence-electron chi connectivity index (χ0n) is 15.8. The van der Waals surface area contributed by atoms with E-state index in [2.05, 4.69) is 23.0 Å². The number of amides is 5. The third kappa shape index (κ3) is 4.18. The molecule has 0 aromatic heterocycles. The lowest BCUT2D eigenvalue weighted by Gasteiger charge is -2.33. The Kier molecular flexibility index (Phi) is 5.48. The van der Waals surface area contributed by atoms with Gasteiger partial charge in [-0.2, -0.15) is 5.01 Å². The summed E-state index contributed by atoms with van der Waals surface area (Å²) in [6.07, 6.45) is 2.61. The van der Waals surface area contributed by atoms with Crippen LogP contribution in [0.5, 0.6) is 0 Å². The fourth-order valence-corrected chi connectivity index (χ4v) is 3.50. The third-order valence-electron chi connectivity index (χ3n) is 5.25. The van der Waals surface area contributed by atoms with Gasteiger partial charge in [0.1, 0.15) is 5.54 Å². The highest BCUT2D eigenvalue weighted by Gasteiger charge is 2.52. The van der Waals surface area contributed by atoms with Crippen LogP contribution in [0.15, 0.2) is 24.3 Å². The molecule has 1 spiro atoms. The summed E-state index contributed by atoms with van der Waals surface area (Å²) in [5.74, 6) is -1.50. The summed E-state index contributed by atoms with van der Waals surface area (Å²) in [4.78, 5) is 59.2. The number of nitro benzene ring substituents is 1. The lowest BCUT2D eigenvalue weighted by Crippen LogP contribution is -2.52. The van der Waals surface area contributed by atoms with Crippen LogP contribution in [-0.2, 0) is 9.59 Å². The number of nitro groups is 1. The van der Waals surface area contributed by atoms with E-state index < -0.39 is 40.8 Å². The number of hydrazine groups is 1. The van der Waals surface area contributed by atoms with Crippen LogP contribution in [0.2, 0.25) is 0 Å². The zero-order chi connectivity index (χ0) is 21.2. The monoisotopic (exact) mass is 403 g/mol.